The van der Waals surface area contributed by atoms with E-state index >= 15 is 0 Å². The number of pyridine rings is 1. The molecule has 0 radical (unpaired) electrons. The molecule has 1 atom stereocenters. The third-order valence-electron chi connectivity index (χ3n) is 4.91. The molecule has 2 fully saturated rings. The number of nitrogens with zero attached hydrogens (tertiary/aromatic N) is 3. The van der Waals surface area contributed by atoms with Gasteiger partial charge >= 0.3 is 0 Å². The van der Waals surface area contributed by atoms with Crippen molar-refractivity contribution in [3.8, 4) is 5.75 Å². The van der Waals surface area contributed by atoms with E-state index in [1.165, 1.54) is 0 Å². The lowest BCUT2D eigenvalue weighted by atomic mass is 10.2. The van der Waals surface area contributed by atoms with Crippen molar-refractivity contribution in [3.05, 3.63) is 52.1 Å². The lowest BCUT2D eigenvalue weighted by Crippen LogP contribution is -2.40. The quantitative estimate of drug-likeness (QED) is 0.755. The molecule has 2 aliphatic rings. The van der Waals surface area contributed by atoms with Crippen LogP contribution in [-0.4, -0.2) is 61.3 Å². The minimum atomic E-state index is -0.0622. The van der Waals surface area contributed by atoms with Crippen molar-refractivity contribution in [2.45, 2.75) is 12.5 Å². The Hall–Kier alpha value is -2.02. The van der Waals surface area contributed by atoms with Crippen LogP contribution in [0.25, 0.3) is 0 Å². The first-order valence-corrected chi connectivity index (χ1v) is 10.1. The van der Waals surface area contributed by atoms with Crippen LogP contribution in [0, 0.1) is 0 Å². The van der Waals surface area contributed by atoms with Gasteiger partial charge in [-0.2, -0.15) is 0 Å². The van der Waals surface area contributed by atoms with Crippen molar-refractivity contribution in [2.75, 3.05) is 44.3 Å². The van der Waals surface area contributed by atoms with E-state index in [4.69, 9.17) is 32.7 Å². The minimum Gasteiger partial charge on any atom is -0.488 e. The highest BCUT2D eigenvalue weighted by Gasteiger charge is 2.27. The molecule has 148 valence electrons. The summed E-state index contributed by atoms with van der Waals surface area (Å²) >= 11 is 12.5. The molecule has 28 heavy (non-hydrogen) atoms. The van der Waals surface area contributed by atoms with Gasteiger partial charge in [-0.15, -0.1) is 0 Å². The second-order valence-corrected chi connectivity index (χ2v) is 7.71. The van der Waals surface area contributed by atoms with E-state index in [-0.39, 0.29) is 12.0 Å². The fourth-order valence-electron chi connectivity index (χ4n) is 3.48. The van der Waals surface area contributed by atoms with E-state index in [9.17, 15) is 4.79 Å². The van der Waals surface area contributed by atoms with Crippen molar-refractivity contribution in [3.63, 3.8) is 0 Å². The molecule has 0 saturated carbocycles. The third kappa shape index (κ3) is 4.35. The van der Waals surface area contributed by atoms with Crippen molar-refractivity contribution < 1.29 is 14.3 Å². The van der Waals surface area contributed by atoms with Gasteiger partial charge in [-0.3, -0.25) is 4.79 Å². The molecule has 6 nitrogen and oxygen atoms in total. The molecule has 1 aromatic heterocycles. The molecule has 3 heterocycles. The Bertz CT molecular complexity index is 858. The number of hydrogen-bond acceptors (Lipinski definition) is 5. The van der Waals surface area contributed by atoms with Gasteiger partial charge < -0.3 is 19.3 Å². The predicted molar refractivity (Wildman–Crippen MR) is 109 cm³/mol. The average molecular weight is 422 g/mol. The molecule has 0 aliphatic carbocycles. The molecule has 1 aromatic carbocycles. The van der Waals surface area contributed by atoms with Gasteiger partial charge in [-0.1, -0.05) is 29.3 Å². The second kappa shape index (κ2) is 8.55. The largest absolute Gasteiger partial charge is 0.488 e. The van der Waals surface area contributed by atoms with Crippen molar-refractivity contribution in [2.24, 2.45) is 0 Å². The smallest absolute Gasteiger partial charge is 0.255 e. The van der Waals surface area contributed by atoms with Gasteiger partial charge in [0.2, 0.25) is 0 Å². The van der Waals surface area contributed by atoms with E-state index in [1.54, 1.807) is 17.2 Å². The summed E-state index contributed by atoms with van der Waals surface area (Å²) < 4.78 is 11.3. The van der Waals surface area contributed by atoms with E-state index in [2.05, 4.69) is 9.88 Å². The molecule has 2 aromatic rings. The zero-order chi connectivity index (χ0) is 19.5. The molecule has 2 aliphatic heterocycles. The van der Waals surface area contributed by atoms with Gasteiger partial charge in [-0.25, -0.2) is 4.98 Å². The number of benzene rings is 1. The summed E-state index contributed by atoms with van der Waals surface area (Å²) in [6.45, 7) is 3.77. The Labute approximate surface area is 173 Å². The first-order chi connectivity index (χ1) is 13.6. The Morgan fingerprint density at radius 1 is 1.18 bits per heavy atom. The van der Waals surface area contributed by atoms with Crippen LogP contribution in [0.4, 0.5) is 5.82 Å². The van der Waals surface area contributed by atoms with Gasteiger partial charge in [0.05, 0.1) is 30.3 Å². The highest BCUT2D eigenvalue weighted by Crippen LogP contribution is 2.29. The number of morpholine rings is 1. The predicted octanol–water partition coefficient (Wildman–Crippen LogP) is 3.52. The number of carbonyl (C=O) groups is 1. The normalized spacial score (nSPS) is 19.7. The Morgan fingerprint density at radius 2 is 2.00 bits per heavy atom. The highest BCUT2D eigenvalue weighted by molar-refractivity contribution is 6.33. The average Bonchev–Trinajstić information content (AvgIpc) is 3.16. The van der Waals surface area contributed by atoms with Crippen LogP contribution in [-0.2, 0) is 4.74 Å². The number of rotatable bonds is 4. The first kappa shape index (κ1) is 19.3. The van der Waals surface area contributed by atoms with E-state index in [0.29, 0.717) is 54.3 Å². The standard InChI is InChI=1S/C20H21Cl2N3O3/c21-15-2-1-3-16(11-15)28-17-4-5-25(13-17)19-18(22)10-14(12-23-19)20(26)24-6-8-27-9-7-24/h1-3,10-12,17H,4-9,13H2. The van der Waals surface area contributed by atoms with Gasteiger partial charge in [0.1, 0.15) is 17.7 Å². The maximum Gasteiger partial charge on any atom is 0.255 e. The number of ether oxygens (including phenoxy) is 2. The summed E-state index contributed by atoms with van der Waals surface area (Å²) in [5.41, 5.74) is 0.501. The summed E-state index contributed by atoms with van der Waals surface area (Å²) in [5.74, 6) is 1.37. The fourth-order valence-corrected chi connectivity index (χ4v) is 3.95. The minimum absolute atomic E-state index is 0.0333. The molecule has 0 N–H and O–H groups in total. The van der Waals surface area contributed by atoms with E-state index < -0.39 is 0 Å². The fraction of sp³-hybridized carbons (Fsp3) is 0.400. The Balaban J connectivity index is 1.41. The monoisotopic (exact) mass is 421 g/mol. The molecule has 1 unspecified atom stereocenters. The molecular weight excluding hydrogens is 401 g/mol. The van der Waals surface area contributed by atoms with Crippen LogP contribution in [0.3, 0.4) is 0 Å². The van der Waals surface area contributed by atoms with Gasteiger partial charge in [0, 0.05) is 37.3 Å². The van der Waals surface area contributed by atoms with E-state index in [0.717, 1.165) is 18.7 Å². The van der Waals surface area contributed by atoms with Crippen LogP contribution in [0.2, 0.25) is 10.0 Å². The van der Waals surface area contributed by atoms with Crippen LogP contribution in [0.1, 0.15) is 16.8 Å². The molecule has 2 saturated heterocycles. The van der Waals surface area contributed by atoms with Gasteiger partial charge in [-0.05, 0) is 24.3 Å². The number of halogens is 2. The second-order valence-electron chi connectivity index (χ2n) is 6.87. The zero-order valence-corrected chi connectivity index (χ0v) is 16.8. The zero-order valence-electron chi connectivity index (χ0n) is 15.3. The maximum absolute atomic E-state index is 12.6. The summed E-state index contributed by atoms with van der Waals surface area (Å²) in [6.07, 6.45) is 2.49. The summed E-state index contributed by atoms with van der Waals surface area (Å²) in [4.78, 5) is 20.9. The SMILES string of the molecule is O=C(c1cnc(N2CCC(Oc3cccc(Cl)c3)C2)c(Cl)c1)N1CCOCC1. The van der Waals surface area contributed by atoms with Crippen LogP contribution < -0.4 is 9.64 Å². The van der Waals surface area contributed by atoms with Crippen molar-refractivity contribution in [1.29, 1.82) is 0 Å². The molecule has 0 spiro atoms. The van der Waals surface area contributed by atoms with E-state index in [1.807, 2.05) is 24.3 Å². The Kier molecular flexibility index (Phi) is 5.90. The maximum atomic E-state index is 12.6. The highest BCUT2D eigenvalue weighted by atomic mass is 35.5. The summed E-state index contributed by atoms with van der Waals surface area (Å²) in [6, 6.07) is 9.09. The molecule has 1 amide bonds. The Morgan fingerprint density at radius 3 is 2.75 bits per heavy atom. The van der Waals surface area contributed by atoms with Crippen molar-refractivity contribution in [1.82, 2.24) is 9.88 Å². The molecule has 8 heteroatoms. The number of aromatic nitrogens is 1. The van der Waals surface area contributed by atoms with Gasteiger partial charge in [0.15, 0.2) is 0 Å². The first-order valence-electron chi connectivity index (χ1n) is 9.30. The lowest BCUT2D eigenvalue weighted by molar-refractivity contribution is 0.0302. The van der Waals surface area contributed by atoms with Crippen LogP contribution >= 0.6 is 23.2 Å². The number of anilines is 1. The third-order valence-corrected chi connectivity index (χ3v) is 5.42. The molecule has 0 bridgehead atoms. The molecular formula is C20H21Cl2N3O3. The van der Waals surface area contributed by atoms with Crippen LogP contribution in [0.15, 0.2) is 36.5 Å². The van der Waals surface area contributed by atoms with Gasteiger partial charge in [0.25, 0.3) is 5.91 Å². The topological polar surface area (TPSA) is 54.9 Å². The number of amides is 1. The van der Waals surface area contributed by atoms with Crippen LogP contribution in [0.5, 0.6) is 5.75 Å². The lowest BCUT2D eigenvalue weighted by Gasteiger charge is -2.27. The van der Waals surface area contributed by atoms with Crippen molar-refractivity contribution >= 4 is 34.9 Å². The summed E-state index contributed by atoms with van der Waals surface area (Å²) in [7, 11) is 0. The summed E-state index contributed by atoms with van der Waals surface area (Å²) in [5, 5.41) is 1.13. The number of hydrogen-bond donors (Lipinski definition) is 0. The molecule has 4 rings (SSSR count). The number of carbonyl (C=O) groups excluding carboxylic acids is 1.